The van der Waals surface area contributed by atoms with Crippen LogP contribution in [0.1, 0.15) is 371 Å². The molecule has 0 heterocycles. The van der Waals surface area contributed by atoms with Crippen LogP contribution in [-0.2, 0) is 17.4 Å². The van der Waals surface area contributed by atoms with Gasteiger partial charge < -0.3 is 32.9 Å². The van der Waals surface area contributed by atoms with Crippen LogP contribution in [0.25, 0.3) is 0 Å². The summed E-state index contributed by atoms with van der Waals surface area (Å²) in [6.07, 6.45) is 49.3. The van der Waals surface area contributed by atoms with Crippen molar-refractivity contribution in [1.29, 1.82) is 0 Å². The van der Waals surface area contributed by atoms with Gasteiger partial charge >= 0.3 is 155 Å². The molecule has 20 heteroatoms. The third-order valence-corrected chi connectivity index (χ3v) is 43.4. The van der Waals surface area contributed by atoms with Crippen LogP contribution in [0.3, 0.4) is 0 Å². The molecule has 0 amide bonds. The van der Waals surface area contributed by atoms with Gasteiger partial charge in [-0.15, -0.1) is 10.5 Å². The Morgan fingerprint density at radius 1 is 0.328 bits per heavy atom. The van der Waals surface area contributed by atoms with Gasteiger partial charge in [0.1, 0.15) is 0 Å². The SMILES string of the molecule is CC1C(S)CC(S)C(C)C1S.CC1CC(C)C(S)C(S)C1S.CC1CC(C)C(S)CC1S.CC1CCC(CC2CCC(C)C(S)C2)CC1S.CC1CCC(S)C(C)C1S.CC1CCCC(C)C1S.CCC1CCC(CC)C(S)C1.CCC1CCC(CC2CCC(CC)CC2)CC1.C[CH-]C(S)C(C)C.[CH2-]C(S)C(C)CC.[CH2-]CC(C)[CH-]S.[Cr+2].[Cs+].[Cs+]. The van der Waals surface area contributed by atoms with Crippen molar-refractivity contribution >= 4 is 215 Å². The normalized spacial score (nSPS) is 40.2. The van der Waals surface area contributed by atoms with E-state index in [1.807, 2.05) is 12.7 Å². The fraction of sp³-hybridized carbons (Fsp3) is 0.960. The van der Waals surface area contributed by atoms with Crippen molar-refractivity contribution in [2.45, 2.75) is 455 Å². The number of hydrogen-bond donors (Lipinski definition) is 17. The predicted octanol–water partition coefficient (Wildman–Crippen LogP) is 27.6. The summed E-state index contributed by atoms with van der Waals surface area (Å²) in [6.45, 7) is 57.0. The van der Waals surface area contributed by atoms with Gasteiger partial charge in [-0.2, -0.15) is 190 Å². The molecule has 0 aromatic carbocycles. The largest absolute Gasteiger partial charge is 2.00 e. The Balaban J connectivity index is -0.000000618. The molecule has 10 saturated carbocycles. The molecule has 119 heavy (non-hydrogen) atoms. The number of hydrogen-bond acceptors (Lipinski definition) is 17. The molecule has 10 aliphatic carbocycles. The van der Waals surface area contributed by atoms with Crippen molar-refractivity contribution in [1.82, 2.24) is 0 Å². The third kappa shape index (κ3) is 57.9. The van der Waals surface area contributed by atoms with Crippen molar-refractivity contribution in [2.24, 2.45) is 136 Å². The number of rotatable bonds is 14. The van der Waals surface area contributed by atoms with Crippen molar-refractivity contribution in [2.75, 3.05) is 0 Å². The Morgan fingerprint density at radius 2 is 0.664 bits per heavy atom. The Labute approximate surface area is 970 Å². The first kappa shape index (κ1) is 136. The monoisotopic (exact) mass is 2250 g/mol. The van der Waals surface area contributed by atoms with E-state index in [2.05, 4.69) is 355 Å². The summed E-state index contributed by atoms with van der Waals surface area (Å²) in [5, 5.41) is 8.37. The minimum absolute atomic E-state index is 0. The zero-order valence-corrected chi connectivity index (χ0v) is 110. The standard InChI is InChI=1S/C17H32.C15H28S2.C10H20S.2C8H16S3.2C8H16S2.C8H16S.2C6H13S.C5H10S.Cr.2Cs/c1-3-14-5-9-16(10-6-14)13-17-11-7-15(4-2)8-12-17;1-10-3-5-12(8-14(10)16)7-13-6-4-11(2)15(17)9-13;1-3-8-5-6-9(4-2)10(11)7-8;1-4-6(9)3-7(10)5(2)8(4)11;1-4-3-5(2)7(10)8(11)6(4)9;1-5-3-6(2)8(10)4-7(5)9;1-5-3-4-7(9)6(2)8(5)10;1-6-4-3-5-7(2)8(6)9;1-4-5(2)6(3)7;1-4-6(7)5(2)3;1-3-5(2)4-6;;;/h14-17H,3-13H2,1-2H3;10-17H,3-9H2,1-2H3;8-11H,3-7H2,1-2H3;2*4-11H,3H2,1-2H3;2*5-10H,3-4H2,1-2H3;6-9H,3-5H2,1-2H3;5-7H,3-4H2,1-2H3;4-7H,1-3H3;4-6H,1,3H2,2H3;;;/q;;;;;;;;2*-1;-2;+2;2*+1. The molecule has 10 rings (SSSR count). The molecule has 0 aromatic heterocycles. The van der Waals surface area contributed by atoms with Gasteiger partial charge in [0.25, 0.3) is 0 Å². The first-order valence-electron chi connectivity index (χ1n) is 48.1. The molecule has 0 nitrogen and oxygen atoms in total. The Hall–Kier alpha value is 10.6. The van der Waals surface area contributed by atoms with Crippen LogP contribution < -0.4 is 138 Å². The fourth-order valence-corrected chi connectivity index (χ4v) is 25.9. The average molecular weight is 2250 g/mol. The summed E-state index contributed by atoms with van der Waals surface area (Å²) in [6, 6.07) is 0. The van der Waals surface area contributed by atoms with Crippen LogP contribution >= 0.6 is 215 Å². The molecule has 0 radical (unpaired) electrons. The van der Waals surface area contributed by atoms with Crippen molar-refractivity contribution in [3.63, 3.8) is 0 Å². The van der Waals surface area contributed by atoms with Crippen LogP contribution in [0.5, 0.6) is 0 Å². The molecule has 702 valence electrons. The molecular formula is C99H196CrCs2S17. The van der Waals surface area contributed by atoms with Crippen molar-refractivity contribution < 1.29 is 155 Å². The molecule has 0 bridgehead atoms. The quantitative estimate of drug-likeness (QED) is 0.0592. The van der Waals surface area contributed by atoms with Crippen LogP contribution in [0.15, 0.2) is 0 Å². The van der Waals surface area contributed by atoms with Gasteiger partial charge in [-0.3, -0.25) is 5.75 Å². The summed E-state index contributed by atoms with van der Waals surface area (Å²) in [4.78, 5) is 0. The van der Waals surface area contributed by atoms with E-state index in [1.54, 1.807) is 32.1 Å². The fourth-order valence-electron chi connectivity index (χ4n) is 19.0. The first-order valence-corrected chi connectivity index (χ1v) is 56.9. The van der Waals surface area contributed by atoms with Crippen molar-refractivity contribution in [3.05, 3.63) is 26.0 Å². The van der Waals surface area contributed by atoms with Gasteiger partial charge in [-0.25, -0.2) is 31.7 Å². The van der Waals surface area contributed by atoms with E-state index >= 15 is 0 Å². The van der Waals surface area contributed by atoms with E-state index in [0.717, 1.165) is 102 Å². The van der Waals surface area contributed by atoms with E-state index in [4.69, 9.17) is 25.3 Å². The Bertz CT molecular complexity index is 2120. The van der Waals surface area contributed by atoms with Crippen LogP contribution in [0.2, 0.25) is 0 Å². The zero-order valence-electron chi connectivity index (χ0n) is 81.1. The molecule has 0 saturated heterocycles. The molecule has 0 aliphatic heterocycles. The number of thiol groups is 17. The van der Waals surface area contributed by atoms with E-state index in [1.165, 1.54) is 173 Å². The molecule has 0 N–H and O–H groups in total. The van der Waals surface area contributed by atoms with Gasteiger partial charge in [-0.05, 0) is 221 Å². The van der Waals surface area contributed by atoms with Gasteiger partial charge in [0.05, 0.1) is 0 Å². The minimum Gasteiger partial charge on any atom is -0.369 e. The van der Waals surface area contributed by atoms with Gasteiger partial charge in [-0.1, -0.05) is 266 Å². The second kappa shape index (κ2) is 78.2. The third-order valence-electron chi connectivity index (χ3n) is 30.2. The molecule has 31 atom stereocenters. The molecule has 10 aliphatic rings. The summed E-state index contributed by atoms with van der Waals surface area (Å²) in [7, 11) is 0. The molecule has 0 spiro atoms. The summed E-state index contributed by atoms with van der Waals surface area (Å²) < 4.78 is 0. The van der Waals surface area contributed by atoms with Crippen LogP contribution in [0, 0.1) is 162 Å². The van der Waals surface area contributed by atoms with E-state index in [0.29, 0.717) is 131 Å². The predicted molar refractivity (Wildman–Crippen MR) is 595 cm³/mol. The zero-order chi connectivity index (χ0) is 89.0. The molecule has 0 aromatic rings. The summed E-state index contributed by atoms with van der Waals surface area (Å²) in [5.74, 6) is 20.8. The molecule has 10 fully saturated rings. The summed E-state index contributed by atoms with van der Waals surface area (Å²) >= 11 is 76.3. The Morgan fingerprint density at radius 3 is 0.958 bits per heavy atom. The Kier molecular flexibility index (Phi) is 89.3. The topological polar surface area (TPSA) is 0 Å². The first-order chi connectivity index (χ1) is 54.3. The maximum absolute atomic E-state index is 4.75. The van der Waals surface area contributed by atoms with E-state index < -0.39 is 0 Å². The van der Waals surface area contributed by atoms with Gasteiger partial charge in [0, 0.05) is 73.5 Å². The molecular weight excluding hydrogens is 2050 g/mol. The van der Waals surface area contributed by atoms with E-state index in [9.17, 15) is 0 Å². The van der Waals surface area contributed by atoms with Crippen LogP contribution in [0.4, 0.5) is 0 Å². The minimum atomic E-state index is 0. The van der Waals surface area contributed by atoms with Gasteiger partial charge in [0.15, 0.2) is 0 Å². The van der Waals surface area contributed by atoms with Gasteiger partial charge in [0.2, 0.25) is 0 Å². The second-order valence-corrected chi connectivity index (χ2v) is 50.9. The maximum Gasteiger partial charge on any atom is 2.00 e. The summed E-state index contributed by atoms with van der Waals surface area (Å²) in [5.41, 5.74) is 0. The molecule has 31 unspecified atom stereocenters. The van der Waals surface area contributed by atoms with Crippen LogP contribution in [-0.4, -0.2) is 84.0 Å². The smallest absolute Gasteiger partial charge is 0.369 e. The average Bonchev–Trinajstić information content (AvgIpc) is 0.840. The van der Waals surface area contributed by atoms with E-state index in [-0.39, 0.29) is 155 Å². The second-order valence-electron chi connectivity index (χ2n) is 40.4. The maximum atomic E-state index is 4.75. The van der Waals surface area contributed by atoms with Crippen molar-refractivity contribution in [3.8, 4) is 0 Å².